The standard InChI is InChI=1S/C16H26N4/c1-4-6-11-19(3)16-14(13-17-10-5-2)20-12-8-7-9-15(20)18-16/h7-9,12,17H,4-6,10-11,13H2,1-3H3. The van der Waals surface area contributed by atoms with E-state index >= 15 is 0 Å². The van der Waals surface area contributed by atoms with E-state index in [9.17, 15) is 0 Å². The lowest BCUT2D eigenvalue weighted by molar-refractivity contribution is 0.657. The van der Waals surface area contributed by atoms with Gasteiger partial charge in [-0.25, -0.2) is 4.98 Å². The lowest BCUT2D eigenvalue weighted by Gasteiger charge is -2.18. The quantitative estimate of drug-likeness (QED) is 0.751. The highest BCUT2D eigenvalue weighted by Crippen LogP contribution is 2.21. The number of pyridine rings is 1. The molecule has 0 spiro atoms. The highest BCUT2D eigenvalue weighted by molar-refractivity contribution is 5.55. The van der Waals surface area contributed by atoms with E-state index in [4.69, 9.17) is 4.98 Å². The van der Waals surface area contributed by atoms with Gasteiger partial charge in [0, 0.05) is 26.3 Å². The molecule has 0 amide bonds. The van der Waals surface area contributed by atoms with Crippen LogP contribution in [0, 0.1) is 0 Å². The highest BCUT2D eigenvalue weighted by Gasteiger charge is 2.14. The third-order valence-corrected chi connectivity index (χ3v) is 3.54. The number of hydrogen-bond acceptors (Lipinski definition) is 3. The second-order valence-electron chi connectivity index (χ2n) is 5.26. The molecule has 4 nitrogen and oxygen atoms in total. The van der Waals surface area contributed by atoms with Crippen molar-refractivity contribution in [1.29, 1.82) is 0 Å². The van der Waals surface area contributed by atoms with Crippen molar-refractivity contribution in [3.05, 3.63) is 30.1 Å². The Morgan fingerprint density at radius 2 is 2.10 bits per heavy atom. The van der Waals surface area contributed by atoms with Crippen LogP contribution in [0.3, 0.4) is 0 Å². The predicted molar refractivity (Wildman–Crippen MR) is 85.4 cm³/mol. The van der Waals surface area contributed by atoms with E-state index in [0.29, 0.717) is 0 Å². The normalized spacial score (nSPS) is 11.2. The summed E-state index contributed by atoms with van der Waals surface area (Å²) >= 11 is 0. The van der Waals surface area contributed by atoms with Crippen LogP contribution in [0.2, 0.25) is 0 Å². The molecule has 0 unspecified atom stereocenters. The van der Waals surface area contributed by atoms with Gasteiger partial charge in [-0.1, -0.05) is 26.3 Å². The van der Waals surface area contributed by atoms with Gasteiger partial charge >= 0.3 is 0 Å². The summed E-state index contributed by atoms with van der Waals surface area (Å²) in [4.78, 5) is 7.07. The Balaban J connectivity index is 2.28. The van der Waals surface area contributed by atoms with E-state index < -0.39 is 0 Å². The monoisotopic (exact) mass is 274 g/mol. The van der Waals surface area contributed by atoms with E-state index in [2.05, 4.69) is 53.8 Å². The Morgan fingerprint density at radius 1 is 1.25 bits per heavy atom. The molecule has 2 heterocycles. The maximum absolute atomic E-state index is 4.79. The van der Waals surface area contributed by atoms with Crippen molar-refractivity contribution in [2.24, 2.45) is 0 Å². The molecule has 0 fully saturated rings. The fourth-order valence-corrected chi connectivity index (χ4v) is 2.39. The number of nitrogens with zero attached hydrogens (tertiary/aromatic N) is 3. The third kappa shape index (κ3) is 3.31. The molecule has 2 aromatic rings. The number of hydrogen-bond donors (Lipinski definition) is 1. The predicted octanol–water partition coefficient (Wildman–Crippen LogP) is 3.07. The van der Waals surface area contributed by atoms with Gasteiger partial charge in [0.15, 0.2) is 5.82 Å². The van der Waals surface area contributed by atoms with Crippen LogP contribution in [-0.4, -0.2) is 29.5 Å². The molecule has 110 valence electrons. The van der Waals surface area contributed by atoms with E-state index in [1.54, 1.807) is 0 Å². The van der Waals surface area contributed by atoms with Gasteiger partial charge in [0.2, 0.25) is 0 Å². The summed E-state index contributed by atoms with van der Waals surface area (Å²) in [5.74, 6) is 1.10. The van der Waals surface area contributed by atoms with Crippen molar-refractivity contribution < 1.29 is 0 Å². The molecule has 2 aromatic heterocycles. The van der Waals surface area contributed by atoms with Gasteiger partial charge in [-0.15, -0.1) is 0 Å². The van der Waals surface area contributed by atoms with Crippen LogP contribution in [-0.2, 0) is 6.54 Å². The molecule has 1 N–H and O–H groups in total. The van der Waals surface area contributed by atoms with E-state index in [0.717, 1.165) is 37.5 Å². The van der Waals surface area contributed by atoms with E-state index in [1.807, 2.05) is 6.07 Å². The first-order valence-electron chi connectivity index (χ1n) is 7.65. The molecule has 0 radical (unpaired) electrons. The fourth-order valence-electron chi connectivity index (χ4n) is 2.39. The summed E-state index contributed by atoms with van der Waals surface area (Å²) in [5, 5.41) is 3.49. The first kappa shape index (κ1) is 14.9. The number of imidazole rings is 1. The van der Waals surface area contributed by atoms with Crippen molar-refractivity contribution in [3.63, 3.8) is 0 Å². The summed E-state index contributed by atoms with van der Waals surface area (Å²) in [6.07, 6.45) is 5.66. The number of unbranched alkanes of at least 4 members (excludes halogenated alkanes) is 1. The lowest BCUT2D eigenvalue weighted by Crippen LogP contribution is -2.23. The molecule has 20 heavy (non-hydrogen) atoms. The molecule has 0 aromatic carbocycles. The average molecular weight is 274 g/mol. The second-order valence-corrected chi connectivity index (χ2v) is 5.26. The van der Waals surface area contributed by atoms with Crippen LogP contribution >= 0.6 is 0 Å². The van der Waals surface area contributed by atoms with Crippen molar-refractivity contribution >= 4 is 11.5 Å². The number of fused-ring (bicyclic) bond motifs is 1. The Morgan fingerprint density at radius 3 is 2.85 bits per heavy atom. The maximum Gasteiger partial charge on any atom is 0.152 e. The van der Waals surface area contributed by atoms with Crippen molar-refractivity contribution in [1.82, 2.24) is 14.7 Å². The Bertz CT molecular complexity index is 532. The number of rotatable bonds is 8. The van der Waals surface area contributed by atoms with Crippen LogP contribution in [0.1, 0.15) is 38.8 Å². The average Bonchev–Trinajstić information content (AvgIpc) is 2.84. The molecule has 0 bridgehead atoms. The summed E-state index contributed by atoms with van der Waals surface area (Å²) in [7, 11) is 2.14. The minimum absolute atomic E-state index is 0.866. The topological polar surface area (TPSA) is 32.6 Å². The van der Waals surface area contributed by atoms with Gasteiger partial charge in [0.25, 0.3) is 0 Å². The first-order valence-corrected chi connectivity index (χ1v) is 7.65. The minimum atomic E-state index is 0.866. The summed E-state index contributed by atoms with van der Waals surface area (Å²) in [5.41, 5.74) is 2.28. The summed E-state index contributed by atoms with van der Waals surface area (Å²) in [6, 6.07) is 6.18. The minimum Gasteiger partial charge on any atom is -0.358 e. The summed E-state index contributed by atoms with van der Waals surface area (Å²) in [6.45, 7) is 7.38. The SMILES string of the molecule is CCCCN(C)c1nc2ccccn2c1CNCCC. The zero-order valence-corrected chi connectivity index (χ0v) is 12.9. The molecule has 0 aliphatic rings. The first-order chi connectivity index (χ1) is 9.77. The van der Waals surface area contributed by atoms with Gasteiger partial charge in [-0.2, -0.15) is 0 Å². The van der Waals surface area contributed by atoms with Gasteiger partial charge < -0.3 is 14.6 Å². The van der Waals surface area contributed by atoms with Crippen LogP contribution in [0.5, 0.6) is 0 Å². The molecule has 2 rings (SSSR count). The smallest absolute Gasteiger partial charge is 0.152 e. The van der Waals surface area contributed by atoms with Gasteiger partial charge in [-0.3, -0.25) is 0 Å². The Kier molecular flexibility index (Phi) is 5.41. The van der Waals surface area contributed by atoms with Crippen molar-refractivity contribution in [2.45, 2.75) is 39.7 Å². The molecule has 0 atom stereocenters. The van der Waals surface area contributed by atoms with Gasteiger partial charge in [-0.05, 0) is 31.5 Å². The molecule has 0 saturated heterocycles. The zero-order chi connectivity index (χ0) is 14.4. The molecule has 0 aliphatic carbocycles. The van der Waals surface area contributed by atoms with E-state index in [1.165, 1.54) is 18.5 Å². The largest absolute Gasteiger partial charge is 0.358 e. The third-order valence-electron chi connectivity index (χ3n) is 3.54. The number of nitrogens with one attached hydrogen (secondary N) is 1. The van der Waals surface area contributed by atoms with Gasteiger partial charge in [0.05, 0.1) is 5.69 Å². The molecule has 0 aliphatic heterocycles. The van der Waals surface area contributed by atoms with Crippen molar-refractivity contribution in [2.75, 3.05) is 25.0 Å². The molecular weight excluding hydrogens is 248 g/mol. The van der Waals surface area contributed by atoms with Crippen LogP contribution < -0.4 is 10.2 Å². The second kappa shape index (κ2) is 7.29. The lowest BCUT2D eigenvalue weighted by atomic mass is 10.3. The van der Waals surface area contributed by atoms with Crippen LogP contribution in [0.25, 0.3) is 5.65 Å². The molecule has 4 heteroatoms. The molecule has 0 saturated carbocycles. The number of anilines is 1. The van der Waals surface area contributed by atoms with Crippen LogP contribution in [0.15, 0.2) is 24.4 Å². The fraction of sp³-hybridized carbons (Fsp3) is 0.562. The molecular formula is C16H26N4. The van der Waals surface area contributed by atoms with E-state index in [-0.39, 0.29) is 0 Å². The Hall–Kier alpha value is -1.55. The van der Waals surface area contributed by atoms with Gasteiger partial charge in [0.1, 0.15) is 5.65 Å². The van der Waals surface area contributed by atoms with Crippen LogP contribution in [0.4, 0.5) is 5.82 Å². The number of aromatic nitrogens is 2. The maximum atomic E-state index is 4.79. The summed E-state index contributed by atoms with van der Waals surface area (Å²) < 4.78 is 2.19. The zero-order valence-electron chi connectivity index (χ0n) is 12.9. The Labute approximate surface area is 121 Å². The van der Waals surface area contributed by atoms with Crippen molar-refractivity contribution in [3.8, 4) is 0 Å². The highest BCUT2D eigenvalue weighted by atomic mass is 15.2.